The first-order valence-corrected chi connectivity index (χ1v) is 8.43. The molecule has 0 N–H and O–H groups in total. The van der Waals surface area contributed by atoms with Crippen LogP contribution in [0.25, 0.3) is 0 Å². The second kappa shape index (κ2) is 5.69. The molecule has 2 aromatic rings. The number of rotatable bonds is 3. The van der Waals surface area contributed by atoms with Crippen LogP contribution in [0.5, 0.6) is 0 Å². The van der Waals surface area contributed by atoms with Crippen LogP contribution in [0, 0.1) is 11.2 Å². The number of aryl methyl sites for hydroxylation is 1. The van der Waals surface area contributed by atoms with E-state index in [0.717, 1.165) is 30.8 Å². The highest BCUT2D eigenvalue weighted by molar-refractivity contribution is 5.79. The molecule has 2 heterocycles. The number of carbonyl (C=O) groups excluding carboxylic acids is 1. The van der Waals surface area contributed by atoms with Gasteiger partial charge in [-0.1, -0.05) is 18.6 Å². The van der Waals surface area contributed by atoms with Crippen LogP contribution in [0.4, 0.5) is 4.39 Å². The van der Waals surface area contributed by atoms with Gasteiger partial charge in [0.25, 0.3) is 0 Å². The van der Waals surface area contributed by atoms with Gasteiger partial charge in [0.15, 0.2) is 0 Å². The van der Waals surface area contributed by atoms with Gasteiger partial charge < -0.3 is 9.47 Å². The Kier molecular flexibility index (Phi) is 3.62. The molecule has 1 aliphatic heterocycles. The number of hydrogen-bond acceptors (Lipinski definition) is 3. The van der Waals surface area contributed by atoms with Crippen LogP contribution in [0.2, 0.25) is 0 Å². The van der Waals surface area contributed by atoms with Gasteiger partial charge in [-0.3, -0.25) is 4.79 Å². The Balaban J connectivity index is 1.52. The predicted octanol–water partition coefficient (Wildman–Crippen LogP) is 2.29. The van der Waals surface area contributed by atoms with Crippen molar-refractivity contribution in [3.8, 4) is 0 Å². The Morgan fingerprint density at radius 2 is 2.08 bits per heavy atom. The molecule has 24 heavy (non-hydrogen) atoms. The maximum Gasteiger partial charge on any atom is 0.227 e. The maximum absolute atomic E-state index is 13.0. The van der Waals surface area contributed by atoms with Gasteiger partial charge in [-0.15, -0.1) is 10.2 Å². The molecule has 0 radical (unpaired) electrons. The lowest BCUT2D eigenvalue weighted by molar-refractivity contribution is -0.130. The molecule has 1 unspecified atom stereocenters. The molecule has 1 saturated carbocycles. The average molecular weight is 328 g/mol. The van der Waals surface area contributed by atoms with Crippen molar-refractivity contribution in [2.24, 2.45) is 12.5 Å². The summed E-state index contributed by atoms with van der Waals surface area (Å²) in [7, 11) is 1.96. The Morgan fingerprint density at radius 1 is 1.33 bits per heavy atom. The molecule has 4 rings (SSSR count). The topological polar surface area (TPSA) is 51.0 Å². The third-order valence-corrected chi connectivity index (χ3v) is 5.68. The third kappa shape index (κ3) is 2.50. The molecule has 6 heteroatoms. The number of aromatic nitrogens is 3. The van der Waals surface area contributed by atoms with Crippen LogP contribution in [0.3, 0.4) is 0 Å². The summed E-state index contributed by atoms with van der Waals surface area (Å²) < 4.78 is 15.0. The van der Waals surface area contributed by atoms with Crippen molar-refractivity contribution in [1.29, 1.82) is 0 Å². The second-order valence-electron chi connectivity index (χ2n) is 7.15. The van der Waals surface area contributed by atoms with Crippen LogP contribution >= 0.6 is 0 Å². The molecule has 1 aliphatic carbocycles. The predicted molar refractivity (Wildman–Crippen MR) is 86.7 cm³/mol. The summed E-state index contributed by atoms with van der Waals surface area (Å²) in [5.74, 6) is 1.07. The fourth-order valence-electron chi connectivity index (χ4n) is 4.15. The Bertz CT molecular complexity index is 751. The van der Waals surface area contributed by atoms with Gasteiger partial charge in [0, 0.05) is 26.1 Å². The van der Waals surface area contributed by atoms with E-state index in [1.165, 1.54) is 18.6 Å². The molecular formula is C18H21FN4O. The molecule has 126 valence electrons. The summed E-state index contributed by atoms with van der Waals surface area (Å²) in [6.45, 7) is 1.50. The molecule has 0 bridgehead atoms. The fraction of sp³-hybridized carbons (Fsp3) is 0.500. The number of amides is 1. The average Bonchev–Trinajstić information content (AvgIpc) is 3.12. The van der Waals surface area contributed by atoms with Crippen LogP contribution in [-0.2, 0) is 18.3 Å². The maximum atomic E-state index is 13.0. The van der Waals surface area contributed by atoms with Crippen molar-refractivity contribution in [1.82, 2.24) is 19.7 Å². The smallest absolute Gasteiger partial charge is 0.227 e. The molecule has 1 aromatic heterocycles. The first-order valence-electron chi connectivity index (χ1n) is 8.43. The van der Waals surface area contributed by atoms with Gasteiger partial charge in [0.2, 0.25) is 5.91 Å². The summed E-state index contributed by atoms with van der Waals surface area (Å²) in [5, 5.41) is 8.31. The number of nitrogens with zero attached hydrogens (tertiary/aromatic N) is 4. The molecular weight excluding hydrogens is 307 g/mol. The Labute approximate surface area is 140 Å². The van der Waals surface area contributed by atoms with Gasteiger partial charge in [0.1, 0.15) is 18.0 Å². The summed E-state index contributed by atoms with van der Waals surface area (Å²) in [6, 6.07) is 6.18. The van der Waals surface area contributed by atoms with Gasteiger partial charge in [-0.05, 0) is 36.0 Å². The zero-order chi connectivity index (χ0) is 16.7. The monoisotopic (exact) mass is 328 g/mol. The molecule has 1 amide bonds. The number of benzene rings is 1. The highest BCUT2D eigenvalue weighted by Gasteiger charge is 2.53. The summed E-state index contributed by atoms with van der Waals surface area (Å²) in [6.07, 6.45) is 5.55. The zero-order valence-electron chi connectivity index (χ0n) is 13.8. The van der Waals surface area contributed by atoms with Crippen LogP contribution in [-0.4, -0.2) is 38.7 Å². The standard InChI is InChI=1S/C18H21FN4O/c1-22-12-20-21-17(22)15-10-23(11-18(15)7-2-8-18)16(24)9-13-3-5-14(19)6-4-13/h3-6,12,15H,2,7-11H2,1H3. The minimum Gasteiger partial charge on any atom is -0.341 e. The highest BCUT2D eigenvalue weighted by atomic mass is 19.1. The fourth-order valence-corrected chi connectivity index (χ4v) is 4.15. The quantitative estimate of drug-likeness (QED) is 0.869. The first kappa shape index (κ1) is 15.3. The van der Waals surface area contributed by atoms with Crippen molar-refractivity contribution in [2.75, 3.05) is 13.1 Å². The van der Waals surface area contributed by atoms with Gasteiger partial charge >= 0.3 is 0 Å². The van der Waals surface area contributed by atoms with Gasteiger partial charge in [-0.25, -0.2) is 4.39 Å². The van der Waals surface area contributed by atoms with Crippen LogP contribution in [0.1, 0.15) is 36.6 Å². The molecule has 5 nitrogen and oxygen atoms in total. The second-order valence-corrected chi connectivity index (χ2v) is 7.15. The van der Waals surface area contributed by atoms with Gasteiger partial charge in [0.05, 0.1) is 6.42 Å². The minimum atomic E-state index is -0.275. The van der Waals surface area contributed by atoms with E-state index in [-0.39, 0.29) is 23.1 Å². The van der Waals surface area contributed by atoms with Crippen molar-refractivity contribution < 1.29 is 9.18 Å². The first-order chi connectivity index (χ1) is 11.6. The largest absolute Gasteiger partial charge is 0.341 e. The summed E-state index contributed by atoms with van der Waals surface area (Å²) in [5.41, 5.74) is 1.02. The third-order valence-electron chi connectivity index (χ3n) is 5.68. The van der Waals surface area contributed by atoms with E-state index in [1.54, 1.807) is 18.5 Å². The van der Waals surface area contributed by atoms with E-state index >= 15 is 0 Å². The van der Waals surface area contributed by atoms with E-state index in [1.807, 2.05) is 16.5 Å². The van der Waals surface area contributed by atoms with Crippen LogP contribution < -0.4 is 0 Å². The van der Waals surface area contributed by atoms with Crippen molar-refractivity contribution in [3.05, 3.63) is 47.8 Å². The Morgan fingerprint density at radius 3 is 2.67 bits per heavy atom. The summed E-state index contributed by atoms with van der Waals surface area (Å²) in [4.78, 5) is 14.7. The molecule has 1 aromatic carbocycles. The Hall–Kier alpha value is -2.24. The summed E-state index contributed by atoms with van der Waals surface area (Å²) >= 11 is 0. The van der Waals surface area contributed by atoms with Crippen LogP contribution in [0.15, 0.2) is 30.6 Å². The SMILES string of the molecule is Cn1cnnc1C1CN(C(=O)Cc2ccc(F)cc2)CC12CCC2. The molecule has 1 spiro atoms. The van der Waals surface area contributed by atoms with E-state index in [2.05, 4.69) is 10.2 Å². The number of likely N-dealkylation sites (tertiary alicyclic amines) is 1. The number of hydrogen-bond donors (Lipinski definition) is 0. The lowest BCUT2D eigenvalue weighted by Gasteiger charge is -2.42. The lowest BCUT2D eigenvalue weighted by Crippen LogP contribution is -2.38. The van der Waals surface area contributed by atoms with E-state index < -0.39 is 0 Å². The zero-order valence-corrected chi connectivity index (χ0v) is 13.8. The highest BCUT2D eigenvalue weighted by Crippen LogP contribution is 2.55. The molecule has 2 aliphatic rings. The van der Waals surface area contributed by atoms with Crippen molar-refractivity contribution >= 4 is 5.91 Å². The molecule has 2 fully saturated rings. The molecule has 1 saturated heterocycles. The number of halogens is 1. The number of carbonyl (C=O) groups is 1. The minimum absolute atomic E-state index is 0.109. The van der Waals surface area contributed by atoms with Crippen molar-refractivity contribution in [3.63, 3.8) is 0 Å². The lowest BCUT2D eigenvalue weighted by atomic mass is 9.62. The van der Waals surface area contributed by atoms with E-state index in [4.69, 9.17) is 0 Å². The van der Waals surface area contributed by atoms with Gasteiger partial charge in [-0.2, -0.15) is 0 Å². The normalized spacial score (nSPS) is 21.9. The van der Waals surface area contributed by atoms with E-state index in [9.17, 15) is 9.18 Å². The van der Waals surface area contributed by atoms with Crippen molar-refractivity contribution in [2.45, 2.75) is 31.6 Å². The van der Waals surface area contributed by atoms with E-state index in [0.29, 0.717) is 13.0 Å². The molecule has 1 atom stereocenters.